The normalized spacial score (nSPS) is 12.9. The smallest absolute Gasteiger partial charge is 0.255 e. The van der Waals surface area contributed by atoms with Crippen LogP contribution in [0, 0.1) is 5.92 Å². The average Bonchev–Trinajstić information content (AvgIpc) is 3.57. The fraction of sp³-hybridized carbons (Fsp3) is 0.130. The Kier molecular flexibility index (Phi) is 5.49. The van der Waals surface area contributed by atoms with Crippen molar-refractivity contribution in [3.05, 3.63) is 83.4 Å². The monoisotopic (exact) mass is 406 g/mol. The van der Waals surface area contributed by atoms with Gasteiger partial charge in [-0.1, -0.05) is 29.8 Å². The number of carbonyl (C=O) groups is 2. The highest BCUT2D eigenvalue weighted by Gasteiger charge is 2.29. The van der Waals surface area contributed by atoms with Crippen LogP contribution < -0.4 is 15.4 Å². The van der Waals surface area contributed by atoms with Crippen LogP contribution in [0.25, 0.3) is 0 Å². The molecule has 3 aromatic carbocycles. The summed E-state index contributed by atoms with van der Waals surface area (Å²) in [6, 6.07) is 21.1. The van der Waals surface area contributed by atoms with E-state index in [1.54, 1.807) is 60.7 Å². The first-order valence-corrected chi connectivity index (χ1v) is 9.71. The molecule has 1 aliphatic rings. The third-order valence-corrected chi connectivity index (χ3v) is 4.83. The maximum Gasteiger partial charge on any atom is 0.255 e. The topological polar surface area (TPSA) is 67.4 Å². The van der Waals surface area contributed by atoms with E-state index in [-0.39, 0.29) is 17.7 Å². The summed E-state index contributed by atoms with van der Waals surface area (Å²) in [4.78, 5) is 24.4. The molecule has 0 bridgehead atoms. The van der Waals surface area contributed by atoms with E-state index >= 15 is 0 Å². The number of halogens is 1. The largest absolute Gasteiger partial charge is 0.456 e. The molecule has 1 saturated carbocycles. The number of anilines is 2. The molecule has 2 amide bonds. The fourth-order valence-electron chi connectivity index (χ4n) is 2.79. The Balaban J connectivity index is 1.39. The van der Waals surface area contributed by atoms with Crippen molar-refractivity contribution in [3.8, 4) is 11.5 Å². The van der Waals surface area contributed by atoms with Gasteiger partial charge < -0.3 is 15.4 Å². The molecule has 0 atom stereocenters. The summed E-state index contributed by atoms with van der Waals surface area (Å²) in [6.45, 7) is 0. The van der Waals surface area contributed by atoms with Gasteiger partial charge in [0.2, 0.25) is 5.91 Å². The molecule has 0 spiro atoms. The number of benzene rings is 3. The van der Waals surface area contributed by atoms with Gasteiger partial charge in [0.15, 0.2) is 0 Å². The SMILES string of the molecule is O=C(Nc1ccc(Oc2ccccc2Cl)cc1)c1cccc(NC(=O)C2CC2)c1. The molecule has 0 radical (unpaired) electrons. The number of amides is 2. The zero-order valence-corrected chi connectivity index (χ0v) is 16.3. The number of nitrogens with one attached hydrogen (secondary N) is 2. The molecule has 0 saturated heterocycles. The molecule has 1 fully saturated rings. The fourth-order valence-corrected chi connectivity index (χ4v) is 2.97. The van der Waals surface area contributed by atoms with Crippen LogP contribution in [0.5, 0.6) is 11.5 Å². The minimum absolute atomic E-state index is 0.0108. The minimum atomic E-state index is -0.257. The van der Waals surface area contributed by atoms with E-state index in [0.717, 1.165) is 12.8 Å². The number of hydrogen-bond donors (Lipinski definition) is 2. The third-order valence-electron chi connectivity index (χ3n) is 4.52. The maximum absolute atomic E-state index is 12.5. The lowest BCUT2D eigenvalue weighted by Gasteiger charge is -2.10. The van der Waals surface area contributed by atoms with Gasteiger partial charge >= 0.3 is 0 Å². The second-order valence-electron chi connectivity index (χ2n) is 6.86. The number of rotatable bonds is 6. The average molecular weight is 407 g/mol. The number of para-hydroxylation sites is 1. The molecule has 29 heavy (non-hydrogen) atoms. The van der Waals surface area contributed by atoms with E-state index in [1.165, 1.54) is 0 Å². The summed E-state index contributed by atoms with van der Waals surface area (Å²) >= 11 is 6.10. The van der Waals surface area contributed by atoms with Crippen LogP contribution >= 0.6 is 11.6 Å². The van der Waals surface area contributed by atoms with E-state index in [2.05, 4.69) is 10.6 Å². The molecule has 3 aromatic rings. The van der Waals surface area contributed by atoms with E-state index in [4.69, 9.17) is 16.3 Å². The lowest BCUT2D eigenvalue weighted by molar-refractivity contribution is -0.117. The molecular weight excluding hydrogens is 388 g/mol. The molecule has 4 rings (SSSR count). The number of ether oxygens (including phenoxy) is 1. The van der Waals surface area contributed by atoms with Gasteiger partial charge in [0.1, 0.15) is 11.5 Å². The van der Waals surface area contributed by atoms with Crippen molar-refractivity contribution >= 4 is 34.8 Å². The number of carbonyl (C=O) groups excluding carboxylic acids is 2. The van der Waals surface area contributed by atoms with Crippen molar-refractivity contribution in [1.29, 1.82) is 0 Å². The van der Waals surface area contributed by atoms with Crippen LogP contribution in [0.1, 0.15) is 23.2 Å². The summed E-state index contributed by atoms with van der Waals surface area (Å²) < 4.78 is 5.75. The lowest BCUT2D eigenvalue weighted by atomic mass is 10.1. The summed E-state index contributed by atoms with van der Waals surface area (Å²) in [5.74, 6) is 1.04. The van der Waals surface area contributed by atoms with Crippen molar-refractivity contribution in [1.82, 2.24) is 0 Å². The molecule has 0 aromatic heterocycles. The van der Waals surface area contributed by atoms with Crippen molar-refractivity contribution in [2.45, 2.75) is 12.8 Å². The molecule has 0 unspecified atom stereocenters. The van der Waals surface area contributed by atoms with Crippen LogP contribution in [0.3, 0.4) is 0 Å². The Hall–Kier alpha value is -3.31. The molecule has 6 heteroatoms. The van der Waals surface area contributed by atoms with Gasteiger partial charge in [-0.3, -0.25) is 9.59 Å². The van der Waals surface area contributed by atoms with Gasteiger partial charge in [-0.15, -0.1) is 0 Å². The highest BCUT2D eigenvalue weighted by molar-refractivity contribution is 6.32. The predicted molar refractivity (Wildman–Crippen MR) is 114 cm³/mol. The summed E-state index contributed by atoms with van der Waals surface area (Å²) in [5.41, 5.74) is 1.72. The number of hydrogen-bond acceptors (Lipinski definition) is 3. The Morgan fingerprint density at radius 2 is 1.62 bits per heavy atom. The van der Waals surface area contributed by atoms with Gasteiger partial charge in [0.25, 0.3) is 5.91 Å². The standard InChI is InChI=1S/C23H19ClN2O3/c24-20-6-1-2-7-21(20)29-19-12-10-17(11-13-19)25-23(28)16-4-3-5-18(14-16)26-22(27)15-8-9-15/h1-7,10-15H,8-9H2,(H,25,28)(H,26,27). The first kappa shape index (κ1) is 19.0. The van der Waals surface area contributed by atoms with Crippen LogP contribution in [0.15, 0.2) is 72.8 Å². The highest BCUT2D eigenvalue weighted by atomic mass is 35.5. The van der Waals surface area contributed by atoms with E-state index in [9.17, 15) is 9.59 Å². The van der Waals surface area contributed by atoms with Gasteiger partial charge in [0.05, 0.1) is 5.02 Å². The second kappa shape index (κ2) is 8.37. The maximum atomic E-state index is 12.5. The third kappa shape index (κ3) is 4.95. The quantitative estimate of drug-likeness (QED) is 0.549. The van der Waals surface area contributed by atoms with E-state index in [1.807, 2.05) is 12.1 Å². The Morgan fingerprint density at radius 1 is 0.862 bits per heavy atom. The van der Waals surface area contributed by atoms with E-state index in [0.29, 0.717) is 33.5 Å². The van der Waals surface area contributed by atoms with Crippen molar-refractivity contribution in [3.63, 3.8) is 0 Å². The first-order valence-electron chi connectivity index (χ1n) is 9.33. The molecule has 0 heterocycles. The van der Waals surface area contributed by atoms with E-state index < -0.39 is 0 Å². The van der Waals surface area contributed by atoms with Crippen LogP contribution in [0.4, 0.5) is 11.4 Å². The summed E-state index contributed by atoms with van der Waals surface area (Å²) in [5, 5.41) is 6.22. The molecular formula is C23H19ClN2O3. The second-order valence-corrected chi connectivity index (χ2v) is 7.26. The Morgan fingerprint density at radius 3 is 2.34 bits per heavy atom. The van der Waals surface area contributed by atoms with Crippen LogP contribution in [0.2, 0.25) is 5.02 Å². The zero-order chi connectivity index (χ0) is 20.2. The van der Waals surface area contributed by atoms with Gasteiger partial charge in [-0.2, -0.15) is 0 Å². The highest BCUT2D eigenvalue weighted by Crippen LogP contribution is 2.31. The lowest BCUT2D eigenvalue weighted by Crippen LogP contribution is -2.15. The van der Waals surface area contributed by atoms with Gasteiger partial charge in [-0.05, 0) is 67.4 Å². The molecule has 1 aliphatic carbocycles. The predicted octanol–water partition coefficient (Wildman–Crippen LogP) is 5.73. The van der Waals surface area contributed by atoms with Gasteiger partial charge in [-0.25, -0.2) is 0 Å². The summed E-state index contributed by atoms with van der Waals surface area (Å²) in [6.07, 6.45) is 1.87. The minimum Gasteiger partial charge on any atom is -0.456 e. The van der Waals surface area contributed by atoms with Gasteiger partial charge in [0, 0.05) is 22.9 Å². The molecule has 2 N–H and O–H groups in total. The Bertz CT molecular complexity index is 1050. The van der Waals surface area contributed by atoms with Crippen LogP contribution in [-0.2, 0) is 4.79 Å². The molecule has 5 nitrogen and oxygen atoms in total. The Labute approximate surface area is 173 Å². The summed E-state index contributed by atoms with van der Waals surface area (Å²) in [7, 11) is 0. The first-order chi connectivity index (χ1) is 14.1. The van der Waals surface area contributed by atoms with Crippen molar-refractivity contribution in [2.24, 2.45) is 5.92 Å². The molecule has 0 aliphatic heterocycles. The molecule has 146 valence electrons. The van der Waals surface area contributed by atoms with Crippen molar-refractivity contribution < 1.29 is 14.3 Å². The van der Waals surface area contributed by atoms with Crippen molar-refractivity contribution in [2.75, 3.05) is 10.6 Å². The van der Waals surface area contributed by atoms with Crippen LogP contribution in [-0.4, -0.2) is 11.8 Å². The zero-order valence-electron chi connectivity index (χ0n) is 15.5.